The molecule has 10 heavy (non-hydrogen) atoms. The smallest absolute Gasteiger partial charge is 0.345 e. The van der Waals surface area contributed by atoms with Crippen LogP contribution in [0.5, 0.6) is 5.75 Å². The topological polar surface area (TPSA) is 55.0 Å². The number of ether oxygens (including phenoxy) is 1. The van der Waals surface area contributed by atoms with Crippen LogP contribution in [0.3, 0.4) is 0 Å². The third kappa shape index (κ3) is 1.15. The van der Waals surface area contributed by atoms with E-state index in [0.717, 1.165) is 0 Å². The number of aromatic nitrogens is 2. The Morgan fingerprint density at radius 2 is 2.40 bits per heavy atom. The van der Waals surface area contributed by atoms with Crippen LogP contribution in [-0.2, 0) is 0 Å². The van der Waals surface area contributed by atoms with Crippen molar-refractivity contribution in [2.75, 3.05) is 7.11 Å². The molecule has 0 unspecified atom stereocenters. The molecular formula is C6H8N2O2. The van der Waals surface area contributed by atoms with E-state index < -0.39 is 0 Å². The predicted octanol–water partition coefficient (Wildman–Crippen LogP) is 0.0869. The van der Waals surface area contributed by atoms with E-state index in [1.54, 1.807) is 6.92 Å². The van der Waals surface area contributed by atoms with Crippen molar-refractivity contribution in [3.63, 3.8) is 0 Å². The SMILES string of the molecule is COc1cnc(=O)[nH]c1C. The number of nitrogens with zero attached hydrogens (tertiary/aromatic N) is 1. The van der Waals surface area contributed by atoms with Gasteiger partial charge in [-0.2, -0.15) is 4.98 Å². The zero-order chi connectivity index (χ0) is 7.56. The monoisotopic (exact) mass is 140 g/mol. The molecule has 0 aromatic carbocycles. The Hall–Kier alpha value is -1.32. The van der Waals surface area contributed by atoms with E-state index in [2.05, 4.69) is 9.97 Å². The van der Waals surface area contributed by atoms with Crippen LogP contribution in [-0.4, -0.2) is 17.1 Å². The third-order valence-corrected chi connectivity index (χ3v) is 1.18. The maximum atomic E-state index is 10.5. The predicted molar refractivity (Wildman–Crippen MR) is 36.1 cm³/mol. The van der Waals surface area contributed by atoms with Gasteiger partial charge >= 0.3 is 5.69 Å². The number of hydrogen-bond acceptors (Lipinski definition) is 3. The summed E-state index contributed by atoms with van der Waals surface area (Å²) >= 11 is 0. The zero-order valence-corrected chi connectivity index (χ0v) is 5.84. The minimum atomic E-state index is -0.349. The van der Waals surface area contributed by atoms with Crippen molar-refractivity contribution in [1.82, 2.24) is 9.97 Å². The van der Waals surface area contributed by atoms with Crippen LogP contribution in [0.15, 0.2) is 11.0 Å². The van der Waals surface area contributed by atoms with Crippen LogP contribution in [0.1, 0.15) is 5.69 Å². The summed E-state index contributed by atoms with van der Waals surface area (Å²) in [4.78, 5) is 16.5. The maximum Gasteiger partial charge on any atom is 0.345 e. The molecule has 0 spiro atoms. The summed E-state index contributed by atoms with van der Waals surface area (Å²) in [6, 6.07) is 0. The first-order chi connectivity index (χ1) is 4.74. The normalized spacial score (nSPS) is 9.40. The molecule has 0 atom stereocenters. The molecule has 4 heteroatoms. The van der Waals surface area contributed by atoms with E-state index in [-0.39, 0.29) is 5.69 Å². The maximum absolute atomic E-state index is 10.5. The average Bonchev–Trinajstić information content (AvgIpc) is 1.88. The fraction of sp³-hybridized carbons (Fsp3) is 0.333. The van der Waals surface area contributed by atoms with Crippen molar-refractivity contribution in [1.29, 1.82) is 0 Å². The summed E-state index contributed by atoms with van der Waals surface area (Å²) in [7, 11) is 1.53. The first kappa shape index (κ1) is 6.80. The Bertz CT molecular complexity index is 279. The first-order valence-electron chi connectivity index (χ1n) is 2.84. The molecule has 1 N–H and O–H groups in total. The number of aryl methyl sites for hydroxylation is 1. The Morgan fingerprint density at radius 3 is 2.90 bits per heavy atom. The lowest BCUT2D eigenvalue weighted by atomic mass is 10.4. The van der Waals surface area contributed by atoms with Gasteiger partial charge in [0.1, 0.15) is 0 Å². The molecule has 1 aromatic heterocycles. The summed E-state index contributed by atoms with van der Waals surface area (Å²) in [6.07, 6.45) is 1.40. The molecule has 0 fully saturated rings. The standard InChI is InChI=1S/C6H8N2O2/c1-4-5(10-2)3-7-6(9)8-4/h3H,1-2H3,(H,7,8,9). The summed E-state index contributed by atoms with van der Waals surface area (Å²) in [5.74, 6) is 0.597. The van der Waals surface area contributed by atoms with Gasteiger partial charge in [0.2, 0.25) is 0 Å². The van der Waals surface area contributed by atoms with Gasteiger partial charge in [-0.05, 0) is 6.92 Å². The van der Waals surface area contributed by atoms with Crippen LogP contribution in [0.4, 0.5) is 0 Å². The molecule has 0 aliphatic heterocycles. The molecular weight excluding hydrogens is 132 g/mol. The second kappa shape index (κ2) is 2.51. The quantitative estimate of drug-likeness (QED) is 0.601. The van der Waals surface area contributed by atoms with Gasteiger partial charge in [-0.1, -0.05) is 0 Å². The van der Waals surface area contributed by atoms with E-state index in [4.69, 9.17) is 4.74 Å². The zero-order valence-electron chi connectivity index (χ0n) is 5.84. The Balaban J connectivity index is 3.19. The minimum Gasteiger partial charge on any atom is -0.493 e. The molecule has 0 amide bonds. The van der Waals surface area contributed by atoms with Crippen molar-refractivity contribution in [3.05, 3.63) is 22.4 Å². The Kier molecular flexibility index (Phi) is 1.71. The third-order valence-electron chi connectivity index (χ3n) is 1.18. The highest BCUT2D eigenvalue weighted by molar-refractivity contribution is 5.20. The molecule has 1 rings (SSSR count). The second-order valence-electron chi connectivity index (χ2n) is 1.88. The van der Waals surface area contributed by atoms with E-state index >= 15 is 0 Å². The first-order valence-corrected chi connectivity index (χ1v) is 2.84. The summed E-state index contributed by atoms with van der Waals surface area (Å²) in [5.41, 5.74) is 0.348. The van der Waals surface area contributed by atoms with Crippen LogP contribution in [0.2, 0.25) is 0 Å². The number of hydrogen-bond donors (Lipinski definition) is 1. The van der Waals surface area contributed by atoms with Gasteiger partial charge in [-0.15, -0.1) is 0 Å². The highest BCUT2D eigenvalue weighted by atomic mass is 16.5. The van der Waals surface area contributed by atoms with Crippen molar-refractivity contribution in [2.24, 2.45) is 0 Å². The van der Waals surface area contributed by atoms with Crippen molar-refractivity contribution >= 4 is 0 Å². The largest absolute Gasteiger partial charge is 0.493 e. The number of nitrogens with one attached hydrogen (secondary N) is 1. The van der Waals surface area contributed by atoms with Crippen molar-refractivity contribution < 1.29 is 4.74 Å². The van der Waals surface area contributed by atoms with Crippen LogP contribution in [0, 0.1) is 6.92 Å². The lowest BCUT2D eigenvalue weighted by Gasteiger charge is -1.99. The highest BCUT2D eigenvalue weighted by Gasteiger charge is 1.96. The molecule has 0 bridgehead atoms. The Labute approximate surface area is 57.9 Å². The van der Waals surface area contributed by atoms with Crippen LogP contribution >= 0.6 is 0 Å². The minimum absolute atomic E-state index is 0.349. The summed E-state index contributed by atoms with van der Waals surface area (Å²) in [6.45, 7) is 1.75. The number of aromatic amines is 1. The number of methoxy groups -OCH3 is 1. The Morgan fingerprint density at radius 1 is 1.70 bits per heavy atom. The molecule has 4 nitrogen and oxygen atoms in total. The lowest BCUT2D eigenvalue weighted by molar-refractivity contribution is 0.406. The van der Waals surface area contributed by atoms with E-state index in [1.807, 2.05) is 0 Å². The molecule has 0 aliphatic rings. The molecule has 0 saturated carbocycles. The van der Waals surface area contributed by atoms with E-state index in [1.165, 1.54) is 13.3 Å². The summed E-state index contributed by atoms with van der Waals surface area (Å²) < 4.78 is 4.87. The lowest BCUT2D eigenvalue weighted by Crippen LogP contribution is -2.11. The van der Waals surface area contributed by atoms with Gasteiger partial charge in [0.05, 0.1) is 19.0 Å². The fourth-order valence-corrected chi connectivity index (χ4v) is 0.674. The van der Waals surface area contributed by atoms with Crippen LogP contribution in [0.25, 0.3) is 0 Å². The number of rotatable bonds is 1. The van der Waals surface area contributed by atoms with Gasteiger partial charge in [0.25, 0.3) is 0 Å². The average molecular weight is 140 g/mol. The molecule has 1 aromatic rings. The van der Waals surface area contributed by atoms with Gasteiger partial charge < -0.3 is 9.72 Å². The van der Waals surface area contributed by atoms with E-state index in [9.17, 15) is 4.79 Å². The highest BCUT2D eigenvalue weighted by Crippen LogP contribution is 2.08. The van der Waals surface area contributed by atoms with E-state index in [0.29, 0.717) is 11.4 Å². The number of H-pyrrole nitrogens is 1. The molecule has 1 heterocycles. The molecule has 0 aliphatic carbocycles. The molecule has 54 valence electrons. The second-order valence-corrected chi connectivity index (χ2v) is 1.88. The van der Waals surface area contributed by atoms with Gasteiger partial charge in [0.15, 0.2) is 5.75 Å². The van der Waals surface area contributed by atoms with Gasteiger partial charge in [0, 0.05) is 0 Å². The van der Waals surface area contributed by atoms with Crippen LogP contribution < -0.4 is 10.4 Å². The molecule has 0 saturated heterocycles. The van der Waals surface area contributed by atoms with Crippen molar-refractivity contribution in [3.8, 4) is 5.75 Å². The molecule has 0 radical (unpaired) electrons. The van der Waals surface area contributed by atoms with Crippen molar-refractivity contribution in [2.45, 2.75) is 6.92 Å². The van der Waals surface area contributed by atoms with Gasteiger partial charge in [-0.25, -0.2) is 4.79 Å². The fourth-order valence-electron chi connectivity index (χ4n) is 0.674. The summed E-state index contributed by atoms with van der Waals surface area (Å²) in [5, 5.41) is 0. The van der Waals surface area contributed by atoms with Gasteiger partial charge in [-0.3, -0.25) is 0 Å².